The molecule has 0 aliphatic carbocycles. The van der Waals surface area contributed by atoms with Gasteiger partial charge in [-0.3, -0.25) is 9.89 Å². The lowest BCUT2D eigenvalue weighted by molar-refractivity contribution is 0.0949. The lowest BCUT2D eigenvalue weighted by Crippen LogP contribution is -2.26. The molecule has 0 aliphatic heterocycles. The van der Waals surface area contributed by atoms with Crippen molar-refractivity contribution < 1.29 is 13.2 Å². The Morgan fingerprint density at radius 2 is 1.85 bits per heavy atom. The van der Waals surface area contributed by atoms with E-state index in [9.17, 15) is 13.2 Å². The number of hydrogen-bond acceptors (Lipinski definition) is 4. The summed E-state index contributed by atoms with van der Waals surface area (Å²) in [6, 6.07) is 15.1. The molecular weight excluding hydrogens is 388 g/mol. The maximum Gasteiger partial charge on any atom is 0.269 e. The van der Waals surface area contributed by atoms with Crippen LogP contribution in [-0.4, -0.2) is 31.1 Å². The van der Waals surface area contributed by atoms with E-state index in [4.69, 9.17) is 16.7 Å². The zero-order chi connectivity index (χ0) is 19.4. The second-order valence-corrected chi connectivity index (χ2v) is 7.81. The minimum atomic E-state index is -3.70. The molecule has 9 heteroatoms. The number of amides is 1. The second kappa shape index (κ2) is 7.91. The maximum absolute atomic E-state index is 12.2. The zero-order valence-corrected chi connectivity index (χ0v) is 15.7. The highest BCUT2D eigenvalue weighted by Crippen LogP contribution is 2.26. The van der Waals surface area contributed by atoms with Crippen LogP contribution in [0.4, 0.5) is 0 Å². The minimum Gasteiger partial charge on any atom is -0.350 e. The summed E-state index contributed by atoms with van der Waals surface area (Å²) < 4.78 is 22.5. The SMILES string of the molecule is NS(=O)(=O)c1ccc(CCNC(=O)c2cc(-c3ccccc3Cl)n[nH]2)cc1. The molecule has 0 saturated heterocycles. The molecule has 1 heterocycles. The number of primary sulfonamides is 1. The van der Waals surface area contributed by atoms with Gasteiger partial charge in [-0.25, -0.2) is 13.6 Å². The minimum absolute atomic E-state index is 0.0554. The van der Waals surface area contributed by atoms with Crippen LogP contribution < -0.4 is 10.5 Å². The molecule has 1 aromatic heterocycles. The number of nitrogens with zero attached hydrogens (tertiary/aromatic N) is 1. The molecule has 3 aromatic rings. The summed E-state index contributed by atoms with van der Waals surface area (Å²) in [4.78, 5) is 12.3. The molecule has 0 bridgehead atoms. The van der Waals surface area contributed by atoms with Crippen LogP contribution in [0.2, 0.25) is 5.02 Å². The summed E-state index contributed by atoms with van der Waals surface area (Å²) in [5, 5.41) is 15.2. The van der Waals surface area contributed by atoms with Crippen molar-refractivity contribution in [3.05, 3.63) is 70.9 Å². The van der Waals surface area contributed by atoms with Gasteiger partial charge in [0, 0.05) is 12.1 Å². The van der Waals surface area contributed by atoms with Gasteiger partial charge in [0.15, 0.2) is 0 Å². The Hall–Kier alpha value is -2.68. The number of H-pyrrole nitrogens is 1. The molecule has 4 N–H and O–H groups in total. The van der Waals surface area contributed by atoms with E-state index in [-0.39, 0.29) is 10.8 Å². The van der Waals surface area contributed by atoms with E-state index in [0.717, 1.165) is 11.1 Å². The predicted octanol–water partition coefficient (Wildman–Crippen LogP) is 2.35. The van der Waals surface area contributed by atoms with E-state index < -0.39 is 10.0 Å². The Labute approximate surface area is 161 Å². The van der Waals surface area contributed by atoms with E-state index in [1.165, 1.54) is 12.1 Å². The molecule has 0 aliphatic rings. The third-order valence-electron chi connectivity index (χ3n) is 3.92. The number of rotatable bonds is 6. The fraction of sp³-hybridized carbons (Fsp3) is 0.111. The molecule has 140 valence electrons. The molecule has 3 rings (SSSR count). The molecule has 0 atom stereocenters. The predicted molar refractivity (Wildman–Crippen MR) is 103 cm³/mol. The number of aromatic nitrogens is 2. The number of halogens is 1. The highest BCUT2D eigenvalue weighted by atomic mass is 35.5. The van der Waals surface area contributed by atoms with Gasteiger partial charge in [0.2, 0.25) is 10.0 Å². The molecule has 1 amide bonds. The average molecular weight is 405 g/mol. The summed E-state index contributed by atoms with van der Waals surface area (Å²) in [6.45, 7) is 0.383. The number of hydrogen-bond donors (Lipinski definition) is 3. The van der Waals surface area contributed by atoms with Crippen LogP contribution in [0.1, 0.15) is 16.1 Å². The zero-order valence-electron chi connectivity index (χ0n) is 14.1. The second-order valence-electron chi connectivity index (χ2n) is 5.84. The topological polar surface area (TPSA) is 118 Å². The van der Waals surface area contributed by atoms with Gasteiger partial charge in [0.25, 0.3) is 5.91 Å². The molecule has 0 unspecified atom stereocenters. The largest absolute Gasteiger partial charge is 0.350 e. The fourth-order valence-corrected chi connectivity index (χ4v) is 3.25. The van der Waals surface area contributed by atoms with Crippen molar-refractivity contribution in [1.82, 2.24) is 15.5 Å². The van der Waals surface area contributed by atoms with E-state index in [2.05, 4.69) is 15.5 Å². The van der Waals surface area contributed by atoms with Crippen LogP contribution in [0.25, 0.3) is 11.3 Å². The molecule has 7 nitrogen and oxygen atoms in total. The van der Waals surface area contributed by atoms with Crippen LogP contribution in [0.15, 0.2) is 59.5 Å². The molecule has 27 heavy (non-hydrogen) atoms. The van der Waals surface area contributed by atoms with Gasteiger partial charge < -0.3 is 5.32 Å². The lowest BCUT2D eigenvalue weighted by Gasteiger charge is -2.05. The van der Waals surface area contributed by atoms with Crippen molar-refractivity contribution in [2.24, 2.45) is 5.14 Å². The van der Waals surface area contributed by atoms with Gasteiger partial charge in [0.05, 0.1) is 15.6 Å². The maximum atomic E-state index is 12.2. The van der Waals surface area contributed by atoms with E-state index in [1.807, 2.05) is 18.2 Å². The van der Waals surface area contributed by atoms with E-state index in [1.54, 1.807) is 24.3 Å². The number of nitrogens with two attached hydrogens (primary N) is 1. The molecule has 0 saturated carbocycles. The normalized spacial score (nSPS) is 11.3. The third-order valence-corrected chi connectivity index (χ3v) is 5.18. The summed E-state index contributed by atoms with van der Waals surface area (Å²) in [5.41, 5.74) is 2.53. The Morgan fingerprint density at radius 3 is 2.52 bits per heavy atom. The van der Waals surface area contributed by atoms with Gasteiger partial charge in [-0.05, 0) is 36.2 Å². The molecule has 0 fully saturated rings. The first kappa shape index (κ1) is 19.1. The van der Waals surface area contributed by atoms with Gasteiger partial charge in [0.1, 0.15) is 5.69 Å². The average Bonchev–Trinajstić information content (AvgIpc) is 3.12. The highest BCUT2D eigenvalue weighted by molar-refractivity contribution is 7.89. The number of sulfonamides is 1. The van der Waals surface area contributed by atoms with Crippen molar-refractivity contribution in [3.63, 3.8) is 0 Å². The number of aromatic amines is 1. The smallest absolute Gasteiger partial charge is 0.269 e. The van der Waals surface area contributed by atoms with Crippen LogP contribution in [0.3, 0.4) is 0 Å². The van der Waals surface area contributed by atoms with Gasteiger partial charge in [-0.15, -0.1) is 0 Å². The quantitative estimate of drug-likeness (QED) is 0.584. The number of benzene rings is 2. The Bertz CT molecular complexity index is 1060. The first-order valence-corrected chi connectivity index (χ1v) is 9.97. The van der Waals surface area contributed by atoms with Crippen molar-refractivity contribution in [1.29, 1.82) is 0 Å². The van der Waals surface area contributed by atoms with Gasteiger partial charge >= 0.3 is 0 Å². The summed E-state index contributed by atoms with van der Waals surface area (Å²) in [7, 11) is -3.70. The Balaban J connectivity index is 1.58. The summed E-state index contributed by atoms with van der Waals surface area (Å²) >= 11 is 6.14. The van der Waals surface area contributed by atoms with E-state index >= 15 is 0 Å². The standard InChI is InChI=1S/C18H17ClN4O3S/c19-15-4-2-1-3-14(15)16-11-17(23-22-16)18(24)21-10-9-12-5-7-13(8-6-12)27(20,25)26/h1-8,11H,9-10H2,(H,21,24)(H,22,23)(H2,20,25,26). The van der Waals surface area contributed by atoms with Crippen LogP contribution >= 0.6 is 11.6 Å². The van der Waals surface area contributed by atoms with Gasteiger partial charge in [-0.1, -0.05) is 41.9 Å². The number of carbonyl (C=O) groups excluding carboxylic acids is 1. The van der Waals surface area contributed by atoms with Crippen molar-refractivity contribution in [2.75, 3.05) is 6.54 Å². The van der Waals surface area contributed by atoms with Crippen LogP contribution in [0, 0.1) is 0 Å². The van der Waals surface area contributed by atoms with Gasteiger partial charge in [-0.2, -0.15) is 5.10 Å². The lowest BCUT2D eigenvalue weighted by atomic mass is 10.1. The Kier molecular flexibility index (Phi) is 5.59. The third kappa shape index (κ3) is 4.73. The van der Waals surface area contributed by atoms with Crippen molar-refractivity contribution in [2.45, 2.75) is 11.3 Å². The summed E-state index contributed by atoms with van der Waals surface area (Å²) in [5.74, 6) is -0.290. The number of carbonyl (C=O) groups is 1. The molecular formula is C18H17ClN4O3S. The number of nitrogens with one attached hydrogen (secondary N) is 2. The van der Waals surface area contributed by atoms with E-state index in [0.29, 0.717) is 29.4 Å². The van der Waals surface area contributed by atoms with Crippen LogP contribution in [0.5, 0.6) is 0 Å². The molecule has 0 radical (unpaired) electrons. The monoisotopic (exact) mass is 404 g/mol. The molecule has 0 spiro atoms. The first-order chi connectivity index (χ1) is 12.8. The molecule has 2 aromatic carbocycles. The summed E-state index contributed by atoms with van der Waals surface area (Å²) in [6.07, 6.45) is 0.544. The van der Waals surface area contributed by atoms with Crippen LogP contribution in [-0.2, 0) is 16.4 Å². The van der Waals surface area contributed by atoms with Crippen molar-refractivity contribution in [3.8, 4) is 11.3 Å². The first-order valence-electron chi connectivity index (χ1n) is 8.05. The highest BCUT2D eigenvalue weighted by Gasteiger charge is 2.12. The van der Waals surface area contributed by atoms with Crippen molar-refractivity contribution >= 4 is 27.5 Å². The Morgan fingerprint density at radius 1 is 1.15 bits per heavy atom. The fourth-order valence-electron chi connectivity index (χ4n) is 2.51.